The van der Waals surface area contributed by atoms with Crippen LogP contribution in [0.25, 0.3) is 0 Å². The van der Waals surface area contributed by atoms with Crippen molar-refractivity contribution in [2.75, 3.05) is 0 Å². The molecular weight excluding hydrogens is 120 g/mol. The summed E-state index contributed by atoms with van der Waals surface area (Å²) < 4.78 is 4.69. The molecule has 0 amide bonds. The second kappa shape index (κ2) is 1.83. The predicted molar refractivity (Wildman–Crippen MR) is 29.8 cm³/mol. The van der Waals surface area contributed by atoms with Crippen molar-refractivity contribution in [3.05, 3.63) is 0 Å². The zero-order valence-corrected chi connectivity index (χ0v) is 5.22. The highest BCUT2D eigenvalue weighted by atomic mass is 16.6. The molecule has 0 aromatic rings. The van der Waals surface area contributed by atoms with Gasteiger partial charge in [0.25, 0.3) is 0 Å². The summed E-state index contributed by atoms with van der Waals surface area (Å²) in [6.07, 6.45) is 2.08. The molecule has 0 atom stereocenters. The van der Waals surface area contributed by atoms with Crippen LogP contribution in [-0.4, -0.2) is 17.9 Å². The molecule has 0 spiro atoms. The maximum atomic E-state index is 10.3. The van der Waals surface area contributed by atoms with Crippen LogP contribution in [0.3, 0.4) is 0 Å². The molecule has 1 rings (SSSR count). The largest absolute Gasteiger partial charge is 0.452 e. The van der Waals surface area contributed by atoms with Gasteiger partial charge < -0.3 is 4.74 Å². The molecular formula is C6H8O3. The zero-order valence-electron chi connectivity index (χ0n) is 5.22. The third kappa shape index (κ3) is 1.28. The quantitative estimate of drug-likeness (QED) is 0.396. The lowest BCUT2D eigenvalue weighted by atomic mass is 10.4. The van der Waals surface area contributed by atoms with E-state index in [0.29, 0.717) is 19.1 Å². The number of carbonyl (C=O) groups is 2. The molecule has 1 aliphatic rings. The van der Waals surface area contributed by atoms with Gasteiger partial charge >= 0.3 is 5.97 Å². The topological polar surface area (TPSA) is 43.4 Å². The van der Waals surface area contributed by atoms with Crippen LogP contribution in [0.2, 0.25) is 0 Å². The first-order valence-electron chi connectivity index (χ1n) is 2.84. The summed E-state index contributed by atoms with van der Waals surface area (Å²) in [6, 6.07) is 0. The lowest BCUT2D eigenvalue weighted by molar-refractivity contribution is -0.151. The van der Waals surface area contributed by atoms with Gasteiger partial charge in [0.1, 0.15) is 0 Å². The smallest absolute Gasteiger partial charge is 0.303 e. The molecule has 0 radical (unpaired) electrons. The fourth-order valence-corrected chi connectivity index (χ4v) is 0.653. The number of carbonyl (C=O) groups excluding carboxylic acids is 2. The van der Waals surface area contributed by atoms with E-state index in [1.54, 1.807) is 0 Å². The van der Waals surface area contributed by atoms with E-state index in [0.717, 1.165) is 0 Å². The van der Waals surface area contributed by atoms with Crippen molar-refractivity contribution < 1.29 is 14.3 Å². The predicted octanol–water partition coefficient (Wildman–Crippen LogP) is 0.281. The van der Waals surface area contributed by atoms with Crippen molar-refractivity contribution in [2.45, 2.75) is 25.4 Å². The number of esters is 1. The van der Waals surface area contributed by atoms with E-state index in [1.165, 1.54) is 6.92 Å². The number of rotatable bonds is 2. The summed E-state index contributed by atoms with van der Waals surface area (Å²) in [7, 11) is 0. The Kier molecular flexibility index (Phi) is 1.27. The van der Waals surface area contributed by atoms with E-state index < -0.39 is 5.60 Å². The molecule has 0 aromatic carbocycles. The van der Waals surface area contributed by atoms with Crippen LogP contribution in [0, 0.1) is 0 Å². The summed E-state index contributed by atoms with van der Waals surface area (Å²) in [6.45, 7) is 1.31. The van der Waals surface area contributed by atoms with E-state index in [-0.39, 0.29) is 5.97 Å². The Morgan fingerprint density at radius 1 is 1.67 bits per heavy atom. The van der Waals surface area contributed by atoms with Crippen LogP contribution in [0.15, 0.2) is 0 Å². The monoisotopic (exact) mass is 128 g/mol. The van der Waals surface area contributed by atoms with Gasteiger partial charge in [-0.05, 0) is 12.8 Å². The van der Waals surface area contributed by atoms with E-state index >= 15 is 0 Å². The summed E-state index contributed by atoms with van der Waals surface area (Å²) >= 11 is 0. The molecule has 0 bridgehead atoms. The highest BCUT2D eigenvalue weighted by molar-refractivity contribution is 5.75. The van der Waals surface area contributed by atoms with Gasteiger partial charge in [-0.1, -0.05) is 0 Å². The Labute approximate surface area is 53.0 Å². The SMILES string of the molecule is CC(=O)OC1(C=O)CC1. The van der Waals surface area contributed by atoms with Crippen LogP contribution in [0.4, 0.5) is 0 Å². The molecule has 0 aromatic heterocycles. The fraction of sp³-hybridized carbons (Fsp3) is 0.667. The zero-order chi connectivity index (χ0) is 6.91. The summed E-state index contributed by atoms with van der Waals surface area (Å²) in [5, 5.41) is 0. The van der Waals surface area contributed by atoms with Gasteiger partial charge in [-0.2, -0.15) is 0 Å². The van der Waals surface area contributed by atoms with Crippen LogP contribution in [0.5, 0.6) is 0 Å². The first kappa shape index (κ1) is 6.26. The van der Waals surface area contributed by atoms with E-state index in [4.69, 9.17) is 4.74 Å². The fourth-order valence-electron chi connectivity index (χ4n) is 0.653. The minimum atomic E-state index is -0.716. The average Bonchev–Trinajstić information content (AvgIpc) is 2.48. The Balaban J connectivity index is 2.42. The number of hydrogen-bond acceptors (Lipinski definition) is 3. The first-order chi connectivity index (χ1) is 4.18. The van der Waals surface area contributed by atoms with E-state index in [9.17, 15) is 9.59 Å². The normalized spacial score (nSPS) is 20.6. The molecule has 1 fully saturated rings. The lowest BCUT2D eigenvalue weighted by Gasteiger charge is -2.04. The van der Waals surface area contributed by atoms with Gasteiger partial charge in [0.2, 0.25) is 0 Å². The minimum absolute atomic E-state index is 0.375. The van der Waals surface area contributed by atoms with Crippen molar-refractivity contribution in [1.82, 2.24) is 0 Å². The second-order valence-electron chi connectivity index (χ2n) is 2.28. The van der Waals surface area contributed by atoms with Gasteiger partial charge in [-0.15, -0.1) is 0 Å². The van der Waals surface area contributed by atoms with Crippen molar-refractivity contribution in [1.29, 1.82) is 0 Å². The van der Waals surface area contributed by atoms with E-state index in [1.807, 2.05) is 0 Å². The molecule has 3 heteroatoms. The van der Waals surface area contributed by atoms with Crippen LogP contribution in [-0.2, 0) is 14.3 Å². The molecule has 0 heterocycles. The Morgan fingerprint density at radius 3 is 2.33 bits per heavy atom. The standard InChI is InChI=1S/C6H8O3/c1-5(8)9-6(4-7)2-3-6/h4H,2-3H2,1H3. The summed E-state index contributed by atoms with van der Waals surface area (Å²) in [5.41, 5.74) is -0.716. The third-order valence-electron chi connectivity index (χ3n) is 1.30. The Hall–Kier alpha value is -0.860. The first-order valence-corrected chi connectivity index (χ1v) is 2.84. The van der Waals surface area contributed by atoms with E-state index in [2.05, 4.69) is 0 Å². The van der Waals surface area contributed by atoms with Crippen molar-refractivity contribution >= 4 is 12.3 Å². The summed E-state index contributed by atoms with van der Waals surface area (Å²) in [4.78, 5) is 20.4. The maximum Gasteiger partial charge on any atom is 0.303 e. The highest BCUT2D eigenvalue weighted by Crippen LogP contribution is 2.37. The number of ether oxygens (including phenoxy) is 1. The highest BCUT2D eigenvalue weighted by Gasteiger charge is 2.46. The van der Waals surface area contributed by atoms with Crippen LogP contribution in [0.1, 0.15) is 19.8 Å². The number of hydrogen-bond donors (Lipinski definition) is 0. The third-order valence-corrected chi connectivity index (χ3v) is 1.30. The number of aldehydes is 1. The average molecular weight is 128 g/mol. The minimum Gasteiger partial charge on any atom is -0.452 e. The van der Waals surface area contributed by atoms with Gasteiger partial charge in [-0.3, -0.25) is 9.59 Å². The van der Waals surface area contributed by atoms with Crippen LogP contribution < -0.4 is 0 Å². The maximum absolute atomic E-state index is 10.3. The van der Waals surface area contributed by atoms with Crippen LogP contribution >= 0.6 is 0 Å². The Bertz CT molecular complexity index is 146. The lowest BCUT2D eigenvalue weighted by Crippen LogP contribution is -2.18. The molecule has 9 heavy (non-hydrogen) atoms. The molecule has 3 nitrogen and oxygen atoms in total. The Morgan fingerprint density at radius 2 is 2.22 bits per heavy atom. The molecule has 0 aliphatic heterocycles. The van der Waals surface area contributed by atoms with Crippen molar-refractivity contribution in [3.63, 3.8) is 0 Å². The van der Waals surface area contributed by atoms with Gasteiger partial charge in [0, 0.05) is 6.92 Å². The van der Waals surface area contributed by atoms with Gasteiger partial charge in [0.05, 0.1) is 0 Å². The molecule has 0 saturated heterocycles. The molecule has 50 valence electrons. The molecule has 1 aliphatic carbocycles. The second-order valence-corrected chi connectivity index (χ2v) is 2.28. The molecule has 1 saturated carbocycles. The molecule has 0 N–H and O–H groups in total. The summed E-state index contributed by atoms with van der Waals surface area (Å²) in [5.74, 6) is -0.375. The molecule has 0 unspecified atom stereocenters. The van der Waals surface area contributed by atoms with Crippen molar-refractivity contribution in [2.24, 2.45) is 0 Å². The van der Waals surface area contributed by atoms with Gasteiger partial charge in [-0.25, -0.2) is 0 Å². The van der Waals surface area contributed by atoms with Crippen molar-refractivity contribution in [3.8, 4) is 0 Å². The van der Waals surface area contributed by atoms with Gasteiger partial charge in [0.15, 0.2) is 11.9 Å².